The number of ether oxygens (including phenoxy) is 3. The van der Waals surface area contributed by atoms with Gasteiger partial charge in [-0.25, -0.2) is 0 Å². The van der Waals surface area contributed by atoms with Gasteiger partial charge in [-0.3, -0.25) is 0 Å². The van der Waals surface area contributed by atoms with Crippen LogP contribution in [0.3, 0.4) is 0 Å². The molecule has 3 rings (SSSR count). The number of hydrogen-bond donors (Lipinski definition) is 0. The van der Waals surface area contributed by atoms with E-state index in [1.165, 1.54) is 21.3 Å². The molecule has 0 radical (unpaired) electrons. The second-order valence-corrected chi connectivity index (χ2v) is 9.05. The first-order valence-corrected chi connectivity index (χ1v) is 11.9. The molecular weight excluding hydrogens is 505 g/mol. The standard InChI is InChI=1S/C26H25F6O3P/c1-33-20-9-5-10-21(34-2)23(20)19-8-4-11-22(35-3)24(19)36-12-6-7-16-13-17(25(27,28)29)15-18(14-16)26(30,31)32/h4-6,8-14,17,36H,7,15H2,1-3H3. The molecule has 0 N–H and O–H groups in total. The third-order valence-corrected chi connectivity index (χ3v) is 6.85. The van der Waals surface area contributed by atoms with Crippen LogP contribution < -0.4 is 19.5 Å². The molecule has 194 valence electrons. The highest BCUT2D eigenvalue weighted by molar-refractivity contribution is 7.51. The van der Waals surface area contributed by atoms with Gasteiger partial charge in [0.2, 0.25) is 0 Å². The lowest BCUT2D eigenvalue weighted by atomic mass is 9.88. The lowest BCUT2D eigenvalue weighted by molar-refractivity contribution is -0.166. The van der Waals surface area contributed by atoms with Gasteiger partial charge >= 0.3 is 12.4 Å². The Kier molecular flexibility index (Phi) is 8.77. The van der Waals surface area contributed by atoms with Gasteiger partial charge in [0.1, 0.15) is 17.2 Å². The van der Waals surface area contributed by atoms with Crippen molar-refractivity contribution in [3.63, 3.8) is 0 Å². The largest absolute Gasteiger partial charge is 0.496 e. The molecule has 0 heterocycles. The molecule has 3 nitrogen and oxygen atoms in total. The van der Waals surface area contributed by atoms with E-state index < -0.39 is 30.3 Å². The van der Waals surface area contributed by atoms with Crippen LogP contribution in [0.15, 0.2) is 71.6 Å². The summed E-state index contributed by atoms with van der Waals surface area (Å²) in [7, 11) is 4.60. The summed E-state index contributed by atoms with van der Waals surface area (Å²) in [5.41, 5.74) is 0.287. The quantitative estimate of drug-likeness (QED) is 0.260. The number of alkyl halides is 6. The third-order valence-electron chi connectivity index (χ3n) is 5.64. The SMILES string of the molecule is COc1cccc(-c2c(OC)cccc2OC)c1PC=CCC1=CC(C(F)(F)F)CC(C(F)(F)F)=C1. The first-order valence-electron chi connectivity index (χ1n) is 10.8. The van der Waals surface area contributed by atoms with Crippen LogP contribution in [0.25, 0.3) is 11.1 Å². The number of methoxy groups -OCH3 is 3. The van der Waals surface area contributed by atoms with E-state index in [0.717, 1.165) is 23.0 Å². The summed E-state index contributed by atoms with van der Waals surface area (Å²) in [4.78, 5) is 0. The maximum atomic E-state index is 13.2. The molecule has 0 saturated carbocycles. The highest BCUT2D eigenvalue weighted by atomic mass is 31.1. The van der Waals surface area contributed by atoms with Crippen molar-refractivity contribution >= 4 is 13.9 Å². The van der Waals surface area contributed by atoms with Gasteiger partial charge in [0.25, 0.3) is 0 Å². The molecule has 0 aliphatic heterocycles. The minimum Gasteiger partial charge on any atom is -0.496 e. The number of rotatable bonds is 8. The van der Waals surface area contributed by atoms with Crippen LogP contribution in [0, 0.1) is 5.92 Å². The van der Waals surface area contributed by atoms with E-state index in [4.69, 9.17) is 14.2 Å². The molecule has 1 aliphatic rings. The van der Waals surface area contributed by atoms with Crippen molar-refractivity contribution in [3.8, 4) is 28.4 Å². The van der Waals surface area contributed by atoms with Crippen LogP contribution in [-0.4, -0.2) is 33.7 Å². The molecule has 1 aliphatic carbocycles. The van der Waals surface area contributed by atoms with Crippen molar-refractivity contribution in [2.45, 2.75) is 25.2 Å². The van der Waals surface area contributed by atoms with E-state index >= 15 is 0 Å². The maximum absolute atomic E-state index is 13.2. The van der Waals surface area contributed by atoms with E-state index in [2.05, 4.69) is 0 Å². The fourth-order valence-electron chi connectivity index (χ4n) is 3.93. The van der Waals surface area contributed by atoms with Crippen molar-refractivity contribution in [3.05, 3.63) is 71.6 Å². The van der Waals surface area contributed by atoms with Crippen molar-refractivity contribution in [1.29, 1.82) is 0 Å². The highest BCUT2D eigenvalue weighted by Gasteiger charge is 2.45. The van der Waals surface area contributed by atoms with E-state index in [1.54, 1.807) is 36.2 Å². The monoisotopic (exact) mass is 530 g/mol. The summed E-state index contributed by atoms with van der Waals surface area (Å²) in [5, 5.41) is 0.788. The number of halogens is 6. The van der Waals surface area contributed by atoms with Gasteiger partial charge < -0.3 is 14.2 Å². The Hall–Kier alpha value is -2.93. The normalized spacial score (nSPS) is 16.9. The van der Waals surface area contributed by atoms with E-state index in [9.17, 15) is 26.3 Å². The molecule has 2 aromatic rings. The Bertz CT molecular complexity index is 1140. The number of allylic oxidation sites excluding steroid dienone is 5. The molecule has 0 amide bonds. The van der Waals surface area contributed by atoms with Gasteiger partial charge in [-0.2, -0.15) is 26.3 Å². The Morgan fingerprint density at radius 1 is 0.889 bits per heavy atom. The van der Waals surface area contributed by atoms with Gasteiger partial charge in [-0.05, 0) is 36.6 Å². The minimum atomic E-state index is -4.81. The van der Waals surface area contributed by atoms with Crippen molar-refractivity contribution in [2.24, 2.45) is 5.92 Å². The topological polar surface area (TPSA) is 27.7 Å². The van der Waals surface area contributed by atoms with Crippen LogP contribution in [-0.2, 0) is 0 Å². The maximum Gasteiger partial charge on any atom is 0.412 e. The van der Waals surface area contributed by atoms with Crippen LogP contribution >= 0.6 is 8.58 Å². The number of hydrogen-bond acceptors (Lipinski definition) is 3. The third kappa shape index (κ3) is 6.44. The lowest BCUT2D eigenvalue weighted by Gasteiger charge is -2.24. The molecule has 0 bridgehead atoms. The average molecular weight is 530 g/mol. The second-order valence-electron chi connectivity index (χ2n) is 7.93. The Morgan fingerprint density at radius 2 is 1.47 bits per heavy atom. The predicted octanol–water partition coefficient (Wildman–Crippen LogP) is 7.58. The molecule has 0 aromatic heterocycles. The Morgan fingerprint density at radius 3 is 2.03 bits per heavy atom. The zero-order chi connectivity index (χ0) is 26.5. The average Bonchev–Trinajstić information content (AvgIpc) is 2.84. The highest BCUT2D eigenvalue weighted by Crippen LogP contribution is 2.43. The van der Waals surface area contributed by atoms with Crippen LogP contribution in [0.5, 0.6) is 17.2 Å². The van der Waals surface area contributed by atoms with Gasteiger partial charge in [-0.15, -0.1) is 0 Å². The Balaban J connectivity index is 1.91. The van der Waals surface area contributed by atoms with Crippen LogP contribution in [0.1, 0.15) is 12.8 Å². The molecule has 2 aromatic carbocycles. The fraction of sp³-hybridized carbons (Fsp3) is 0.308. The number of benzene rings is 2. The van der Waals surface area contributed by atoms with Gasteiger partial charge in [0.15, 0.2) is 0 Å². The van der Waals surface area contributed by atoms with Gasteiger partial charge in [-0.1, -0.05) is 50.8 Å². The fourth-order valence-corrected chi connectivity index (χ4v) is 5.03. The zero-order valence-corrected chi connectivity index (χ0v) is 20.8. The molecule has 0 saturated heterocycles. The summed E-state index contributed by atoms with van der Waals surface area (Å²) in [6.07, 6.45) is -7.48. The molecule has 0 fully saturated rings. The van der Waals surface area contributed by atoms with Gasteiger partial charge in [0, 0.05) is 16.4 Å². The van der Waals surface area contributed by atoms with Crippen molar-refractivity contribution in [2.75, 3.05) is 21.3 Å². The van der Waals surface area contributed by atoms with E-state index in [-0.39, 0.29) is 20.6 Å². The van der Waals surface area contributed by atoms with Crippen LogP contribution in [0.2, 0.25) is 0 Å². The predicted molar refractivity (Wildman–Crippen MR) is 130 cm³/mol. The first-order chi connectivity index (χ1) is 17.0. The summed E-state index contributed by atoms with van der Waals surface area (Å²) in [6, 6.07) is 10.8. The van der Waals surface area contributed by atoms with Crippen molar-refractivity contribution < 1.29 is 40.6 Å². The summed E-state index contributed by atoms with van der Waals surface area (Å²) >= 11 is 0. The summed E-state index contributed by atoms with van der Waals surface area (Å²) < 4.78 is 95.7. The smallest absolute Gasteiger partial charge is 0.412 e. The van der Waals surface area contributed by atoms with Crippen LogP contribution in [0.4, 0.5) is 26.3 Å². The lowest BCUT2D eigenvalue weighted by Crippen LogP contribution is -2.27. The van der Waals surface area contributed by atoms with E-state index in [0.29, 0.717) is 22.8 Å². The Labute approximate surface area is 207 Å². The molecule has 10 heteroatoms. The molecule has 2 unspecified atom stereocenters. The minimum absolute atomic E-state index is 0.00793. The zero-order valence-electron chi connectivity index (χ0n) is 19.8. The summed E-state index contributed by atoms with van der Waals surface area (Å²) in [5.74, 6) is 1.30. The molecular formula is C26H25F6O3P. The van der Waals surface area contributed by atoms with E-state index in [1.807, 2.05) is 12.1 Å². The molecule has 36 heavy (non-hydrogen) atoms. The second kappa shape index (κ2) is 11.4. The van der Waals surface area contributed by atoms with Crippen molar-refractivity contribution in [1.82, 2.24) is 0 Å². The molecule has 0 spiro atoms. The molecule has 2 atom stereocenters. The summed E-state index contributed by atoms with van der Waals surface area (Å²) in [6.45, 7) is 0. The van der Waals surface area contributed by atoms with Gasteiger partial charge in [0.05, 0.1) is 32.8 Å². The first kappa shape index (κ1) is 27.7.